The number of hydrogen-bond acceptors (Lipinski definition) is 2. The van der Waals surface area contributed by atoms with Crippen molar-refractivity contribution in [3.63, 3.8) is 0 Å². The van der Waals surface area contributed by atoms with Crippen LogP contribution in [-0.4, -0.2) is 25.2 Å². The van der Waals surface area contributed by atoms with Crippen LogP contribution in [-0.2, 0) is 0 Å². The first-order chi connectivity index (χ1) is 13.9. The molecule has 142 valence electrons. The summed E-state index contributed by atoms with van der Waals surface area (Å²) in [5, 5.41) is 7.32. The highest BCUT2D eigenvalue weighted by atomic mass is 15.0. The molecule has 1 aliphatic carbocycles. The van der Waals surface area contributed by atoms with Gasteiger partial charge in [0.15, 0.2) is 0 Å². The van der Waals surface area contributed by atoms with E-state index in [-0.39, 0.29) is 0 Å². The van der Waals surface area contributed by atoms with Crippen LogP contribution in [0.5, 0.6) is 0 Å². The van der Waals surface area contributed by atoms with Gasteiger partial charge in [-0.2, -0.15) is 0 Å². The van der Waals surface area contributed by atoms with Crippen molar-refractivity contribution >= 4 is 0 Å². The lowest BCUT2D eigenvalue weighted by Gasteiger charge is -2.24. The molecule has 1 heterocycles. The van der Waals surface area contributed by atoms with E-state index >= 15 is 0 Å². The highest BCUT2D eigenvalue weighted by Gasteiger charge is 2.39. The Labute approximate surface area is 168 Å². The number of hydrogen-bond donors (Lipinski definition) is 2. The largest absolute Gasteiger partial charge is 0.317 e. The summed E-state index contributed by atoms with van der Waals surface area (Å²) in [5.74, 6) is 0.694. The first-order valence-electron chi connectivity index (χ1n) is 10.6. The molecule has 3 aromatic rings. The van der Waals surface area contributed by atoms with E-state index in [1.807, 2.05) is 0 Å². The first-order valence-corrected chi connectivity index (χ1v) is 10.6. The molecule has 0 aromatic heterocycles. The zero-order chi connectivity index (χ0) is 18.8. The van der Waals surface area contributed by atoms with Crippen LogP contribution < -0.4 is 10.6 Å². The minimum atomic E-state index is 0.676. The molecular formula is C26H28N2. The SMILES string of the molecule is c1ccc(-c2cccc(-c3ccc([C@@H]4C[C@H]4NC4CCNCC4)cc3)c2)cc1. The molecule has 1 saturated carbocycles. The predicted octanol–water partition coefficient (Wildman–Crippen LogP) is 5.22. The lowest BCUT2D eigenvalue weighted by molar-refractivity contribution is 0.383. The van der Waals surface area contributed by atoms with Gasteiger partial charge in [0.25, 0.3) is 0 Å². The van der Waals surface area contributed by atoms with E-state index in [0.29, 0.717) is 18.0 Å². The highest BCUT2D eigenvalue weighted by Crippen LogP contribution is 2.42. The summed E-state index contributed by atoms with van der Waals surface area (Å²) >= 11 is 0. The fourth-order valence-corrected chi connectivity index (χ4v) is 4.47. The fourth-order valence-electron chi connectivity index (χ4n) is 4.47. The third-order valence-electron chi connectivity index (χ3n) is 6.22. The van der Waals surface area contributed by atoms with Gasteiger partial charge in [-0.15, -0.1) is 0 Å². The molecule has 1 saturated heterocycles. The van der Waals surface area contributed by atoms with Crippen LogP contribution in [0.25, 0.3) is 22.3 Å². The van der Waals surface area contributed by atoms with Crippen molar-refractivity contribution in [3.05, 3.63) is 84.4 Å². The van der Waals surface area contributed by atoms with Crippen LogP contribution in [0.4, 0.5) is 0 Å². The average Bonchev–Trinajstić information content (AvgIpc) is 3.54. The zero-order valence-corrected chi connectivity index (χ0v) is 16.3. The van der Waals surface area contributed by atoms with Gasteiger partial charge in [0, 0.05) is 18.0 Å². The molecule has 2 heteroatoms. The predicted molar refractivity (Wildman–Crippen MR) is 117 cm³/mol. The maximum Gasteiger partial charge on any atom is 0.0145 e. The van der Waals surface area contributed by atoms with Crippen molar-refractivity contribution in [3.8, 4) is 22.3 Å². The Morgan fingerprint density at radius 2 is 1.32 bits per heavy atom. The second kappa shape index (κ2) is 7.90. The molecule has 0 radical (unpaired) electrons. The van der Waals surface area contributed by atoms with Gasteiger partial charge < -0.3 is 10.6 Å². The molecule has 0 bridgehead atoms. The Morgan fingerprint density at radius 3 is 2.04 bits per heavy atom. The van der Waals surface area contributed by atoms with Gasteiger partial charge in [0.05, 0.1) is 0 Å². The normalized spacial score (nSPS) is 22.1. The van der Waals surface area contributed by atoms with E-state index < -0.39 is 0 Å². The van der Waals surface area contributed by atoms with Crippen molar-refractivity contribution < 1.29 is 0 Å². The number of nitrogens with one attached hydrogen (secondary N) is 2. The Bertz CT molecular complexity index is 911. The standard InChI is InChI=1S/C26H28N2/c1-2-5-19(6-3-1)22-7-4-8-23(17-22)20-9-11-21(12-10-20)25-18-26(25)28-24-13-15-27-16-14-24/h1-12,17,24-28H,13-16,18H2/t25-,26+/m0/s1. The lowest BCUT2D eigenvalue weighted by atomic mass is 9.98. The summed E-state index contributed by atoms with van der Waals surface area (Å²) in [4.78, 5) is 0. The molecule has 2 fully saturated rings. The molecule has 2 N–H and O–H groups in total. The quantitative estimate of drug-likeness (QED) is 0.645. The van der Waals surface area contributed by atoms with Gasteiger partial charge in [-0.3, -0.25) is 0 Å². The second-order valence-corrected chi connectivity index (χ2v) is 8.21. The Balaban J connectivity index is 1.27. The maximum absolute atomic E-state index is 3.87. The van der Waals surface area contributed by atoms with Gasteiger partial charge in [-0.05, 0) is 66.2 Å². The van der Waals surface area contributed by atoms with Crippen LogP contribution in [0.3, 0.4) is 0 Å². The topological polar surface area (TPSA) is 24.1 Å². The zero-order valence-electron chi connectivity index (χ0n) is 16.3. The summed E-state index contributed by atoms with van der Waals surface area (Å²) in [6, 6.07) is 30.1. The molecule has 0 unspecified atom stereocenters. The van der Waals surface area contributed by atoms with Crippen molar-refractivity contribution in [2.45, 2.75) is 37.3 Å². The third-order valence-corrected chi connectivity index (χ3v) is 6.22. The maximum atomic E-state index is 3.87. The monoisotopic (exact) mass is 368 g/mol. The molecular weight excluding hydrogens is 340 g/mol. The van der Waals surface area contributed by atoms with E-state index in [1.165, 1.54) is 47.1 Å². The van der Waals surface area contributed by atoms with Gasteiger partial charge in [0.1, 0.15) is 0 Å². The van der Waals surface area contributed by atoms with Crippen molar-refractivity contribution in [1.82, 2.24) is 10.6 Å². The fraction of sp³-hybridized carbons (Fsp3) is 0.308. The van der Waals surface area contributed by atoms with E-state index in [2.05, 4.69) is 89.5 Å². The van der Waals surface area contributed by atoms with E-state index in [0.717, 1.165) is 13.1 Å². The van der Waals surface area contributed by atoms with Crippen LogP contribution in [0.15, 0.2) is 78.9 Å². The first kappa shape index (κ1) is 17.7. The van der Waals surface area contributed by atoms with Gasteiger partial charge in [0.2, 0.25) is 0 Å². The molecule has 5 rings (SSSR count). The van der Waals surface area contributed by atoms with Crippen LogP contribution >= 0.6 is 0 Å². The summed E-state index contributed by atoms with van der Waals surface area (Å²) in [6.07, 6.45) is 3.81. The Morgan fingerprint density at radius 1 is 0.679 bits per heavy atom. The van der Waals surface area contributed by atoms with E-state index in [4.69, 9.17) is 0 Å². The summed E-state index contributed by atoms with van der Waals surface area (Å²) in [7, 11) is 0. The lowest BCUT2D eigenvalue weighted by Crippen LogP contribution is -2.41. The molecule has 2 atom stereocenters. The van der Waals surface area contributed by atoms with Crippen molar-refractivity contribution in [2.24, 2.45) is 0 Å². The summed E-state index contributed by atoms with van der Waals surface area (Å²) in [6.45, 7) is 2.32. The summed E-state index contributed by atoms with van der Waals surface area (Å²) in [5.41, 5.74) is 6.61. The molecule has 3 aromatic carbocycles. The van der Waals surface area contributed by atoms with Gasteiger partial charge in [-0.1, -0.05) is 72.8 Å². The molecule has 0 spiro atoms. The van der Waals surface area contributed by atoms with Crippen molar-refractivity contribution in [2.75, 3.05) is 13.1 Å². The minimum Gasteiger partial charge on any atom is -0.317 e. The number of benzene rings is 3. The van der Waals surface area contributed by atoms with Gasteiger partial charge in [-0.25, -0.2) is 0 Å². The molecule has 2 nitrogen and oxygen atoms in total. The molecule has 2 aliphatic rings. The second-order valence-electron chi connectivity index (χ2n) is 8.21. The van der Waals surface area contributed by atoms with Crippen molar-refractivity contribution in [1.29, 1.82) is 0 Å². The average molecular weight is 369 g/mol. The third kappa shape index (κ3) is 3.89. The smallest absolute Gasteiger partial charge is 0.0145 e. The molecule has 1 aliphatic heterocycles. The van der Waals surface area contributed by atoms with E-state index in [9.17, 15) is 0 Å². The van der Waals surface area contributed by atoms with Gasteiger partial charge >= 0.3 is 0 Å². The van der Waals surface area contributed by atoms with E-state index in [1.54, 1.807) is 0 Å². The Kier molecular flexibility index (Phi) is 4.99. The minimum absolute atomic E-state index is 0.676. The van der Waals surface area contributed by atoms with Crippen LogP contribution in [0.1, 0.15) is 30.7 Å². The van der Waals surface area contributed by atoms with Crippen LogP contribution in [0.2, 0.25) is 0 Å². The number of piperidine rings is 1. The highest BCUT2D eigenvalue weighted by molar-refractivity contribution is 5.73. The Hall–Kier alpha value is -2.42. The summed E-state index contributed by atoms with van der Waals surface area (Å²) < 4.78 is 0. The molecule has 0 amide bonds. The molecule has 28 heavy (non-hydrogen) atoms. The van der Waals surface area contributed by atoms with Crippen LogP contribution in [0, 0.1) is 0 Å². The number of rotatable bonds is 5.